The summed E-state index contributed by atoms with van der Waals surface area (Å²) in [6.45, 7) is 3.04. The topological polar surface area (TPSA) is 69.8 Å². The number of carbonyl (C=O) groups is 1. The average molecular weight is 420 g/mol. The second-order valence-corrected chi connectivity index (χ2v) is 10.4. The van der Waals surface area contributed by atoms with Gasteiger partial charge in [0.25, 0.3) is 5.91 Å². The molecule has 0 bridgehead atoms. The van der Waals surface area contributed by atoms with E-state index in [2.05, 4.69) is 45.1 Å². The fraction of sp³-hybridized carbons (Fsp3) is 0.333. The van der Waals surface area contributed by atoms with E-state index in [4.69, 9.17) is 0 Å². The number of H-pyrrole nitrogens is 1. The average Bonchev–Trinajstić information content (AvgIpc) is 3.37. The zero-order valence-corrected chi connectivity index (χ0v) is 17.9. The van der Waals surface area contributed by atoms with Crippen molar-refractivity contribution in [3.05, 3.63) is 65.2 Å². The van der Waals surface area contributed by atoms with Crippen molar-refractivity contribution in [1.29, 1.82) is 0 Å². The van der Waals surface area contributed by atoms with Crippen LogP contribution >= 0.6 is 0 Å². The summed E-state index contributed by atoms with van der Waals surface area (Å²) in [7, 11) is 0.537. The van der Waals surface area contributed by atoms with Crippen molar-refractivity contribution in [3.8, 4) is 22.5 Å². The molecule has 2 aromatic carbocycles. The normalized spacial score (nSPS) is 15.6. The van der Waals surface area contributed by atoms with E-state index >= 15 is 0 Å². The molecule has 5 rings (SSSR count). The zero-order valence-electron chi connectivity index (χ0n) is 17.0. The van der Waals surface area contributed by atoms with E-state index in [9.17, 15) is 4.79 Å². The van der Waals surface area contributed by atoms with Crippen LogP contribution in [0.15, 0.2) is 48.5 Å². The van der Waals surface area contributed by atoms with Crippen molar-refractivity contribution in [3.63, 3.8) is 0 Å². The van der Waals surface area contributed by atoms with Gasteiger partial charge in [0.05, 0.1) is 11.4 Å². The molecule has 0 spiro atoms. The first kappa shape index (κ1) is 19.4. The number of aromatic amines is 1. The maximum Gasteiger partial charge on any atom is 0.251 e. The predicted octanol–water partition coefficient (Wildman–Crippen LogP) is 2.99. The molecule has 0 atom stereocenters. The Bertz CT molecular complexity index is 1040. The molecule has 0 saturated carbocycles. The number of aromatic nitrogens is 2. The van der Waals surface area contributed by atoms with Crippen molar-refractivity contribution in [2.75, 3.05) is 36.9 Å². The molecule has 0 unspecified atom stereocenters. The number of rotatable bonds is 6. The van der Waals surface area contributed by atoms with Crippen molar-refractivity contribution >= 4 is 16.8 Å². The summed E-state index contributed by atoms with van der Waals surface area (Å²) in [4.78, 5) is 12.5. The Morgan fingerprint density at radius 2 is 1.87 bits per heavy atom. The standard InChI is InChI=1S/C24H26N4OS/c29-24(26-10-3-13-30-14-11-25-12-15-30)18-8-6-17(7-9-18)22-21-16-19-4-1-2-5-20(19)23(21)28-27-22/h1-2,4-9,25H,3,10-16H2,(H-,26,27,28,29)/p+1. The van der Waals surface area contributed by atoms with Crippen molar-refractivity contribution in [1.82, 2.24) is 20.8 Å². The Morgan fingerprint density at radius 1 is 1.07 bits per heavy atom. The van der Waals surface area contributed by atoms with E-state index in [1.807, 2.05) is 24.3 Å². The minimum absolute atomic E-state index is 0.00913. The van der Waals surface area contributed by atoms with E-state index < -0.39 is 0 Å². The van der Waals surface area contributed by atoms with Crippen LogP contribution in [-0.4, -0.2) is 53.0 Å². The summed E-state index contributed by atoms with van der Waals surface area (Å²) < 4.78 is 0. The minimum Gasteiger partial charge on any atom is -0.352 e. The largest absolute Gasteiger partial charge is 0.352 e. The van der Waals surface area contributed by atoms with Gasteiger partial charge in [-0.25, -0.2) is 0 Å². The number of fused-ring (bicyclic) bond motifs is 3. The van der Waals surface area contributed by atoms with Crippen molar-refractivity contribution in [2.45, 2.75) is 12.8 Å². The Balaban J connectivity index is 1.19. The molecule has 0 radical (unpaired) electrons. The summed E-state index contributed by atoms with van der Waals surface area (Å²) in [5.41, 5.74) is 7.68. The molecule has 1 saturated heterocycles. The van der Waals surface area contributed by atoms with Crippen LogP contribution < -0.4 is 10.6 Å². The van der Waals surface area contributed by atoms with Gasteiger partial charge >= 0.3 is 0 Å². The van der Waals surface area contributed by atoms with Gasteiger partial charge in [0.15, 0.2) is 0 Å². The van der Waals surface area contributed by atoms with Crippen molar-refractivity contribution in [2.24, 2.45) is 0 Å². The fourth-order valence-electron chi connectivity index (χ4n) is 4.33. The highest BCUT2D eigenvalue weighted by molar-refractivity contribution is 7.96. The molecule has 3 aromatic rings. The highest BCUT2D eigenvalue weighted by atomic mass is 32.2. The number of nitrogens with one attached hydrogen (secondary N) is 3. The molecule has 30 heavy (non-hydrogen) atoms. The van der Waals surface area contributed by atoms with Gasteiger partial charge in [-0.3, -0.25) is 9.89 Å². The van der Waals surface area contributed by atoms with Crippen LogP contribution in [0.25, 0.3) is 22.5 Å². The van der Waals surface area contributed by atoms with Crippen LogP contribution in [0, 0.1) is 0 Å². The smallest absolute Gasteiger partial charge is 0.251 e. The summed E-state index contributed by atoms with van der Waals surface area (Å²) in [6, 6.07) is 16.3. The van der Waals surface area contributed by atoms with Gasteiger partial charge in [-0.1, -0.05) is 36.4 Å². The Morgan fingerprint density at radius 3 is 2.70 bits per heavy atom. The molecule has 5 nitrogen and oxygen atoms in total. The molecular formula is C24H27N4OS+. The maximum atomic E-state index is 12.5. The zero-order chi connectivity index (χ0) is 20.3. The molecule has 1 fully saturated rings. The van der Waals surface area contributed by atoms with E-state index in [0.717, 1.165) is 49.4 Å². The van der Waals surface area contributed by atoms with Gasteiger partial charge in [0.1, 0.15) is 17.3 Å². The third-order valence-corrected chi connectivity index (χ3v) is 8.40. The lowest BCUT2D eigenvalue weighted by atomic mass is 10.0. The number of hydrogen-bond donors (Lipinski definition) is 3. The first-order valence-electron chi connectivity index (χ1n) is 10.7. The highest BCUT2D eigenvalue weighted by Gasteiger charge is 2.24. The molecule has 1 aliphatic heterocycles. The summed E-state index contributed by atoms with van der Waals surface area (Å²) in [5.74, 6) is 3.82. The number of hydrogen-bond acceptors (Lipinski definition) is 3. The maximum absolute atomic E-state index is 12.5. The molecule has 2 heterocycles. The lowest BCUT2D eigenvalue weighted by Crippen LogP contribution is -2.38. The fourth-order valence-corrected chi connectivity index (χ4v) is 6.36. The van der Waals surface area contributed by atoms with Crippen molar-refractivity contribution < 1.29 is 4.79 Å². The third-order valence-electron chi connectivity index (χ3n) is 5.97. The second kappa shape index (κ2) is 8.66. The molecule has 1 aliphatic carbocycles. The van der Waals surface area contributed by atoms with Crippen LogP contribution in [0.1, 0.15) is 27.9 Å². The van der Waals surface area contributed by atoms with Gasteiger partial charge in [-0.15, -0.1) is 0 Å². The molecule has 3 N–H and O–H groups in total. The second-order valence-electron chi connectivity index (χ2n) is 7.92. The summed E-state index contributed by atoms with van der Waals surface area (Å²) in [5, 5.41) is 14.2. The first-order valence-corrected chi connectivity index (χ1v) is 12.4. The summed E-state index contributed by atoms with van der Waals surface area (Å²) in [6.07, 6.45) is 1.96. The van der Waals surface area contributed by atoms with E-state index in [1.165, 1.54) is 33.9 Å². The predicted molar refractivity (Wildman–Crippen MR) is 124 cm³/mol. The monoisotopic (exact) mass is 419 g/mol. The number of amides is 1. The van der Waals surface area contributed by atoms with Gasteiger partial charge in [0.2, 0.25) is 0 Å². The SMILES string of the molecule is O=C(NCCC[S+]1CCNCC1)c1ccc(-c2n[nH]c3c2Cc2ccccc2-3)cc1. The Kier molecular flexibility index (Phi) is 5.60. The molecular weight excluding hydrogens is 392 g/mol. The van der Waals surface area contributed by atoms with E-state index in [1.54, 1.807) is 0 Å². The van der Waals surface area contributed by atoms with Crippen LogP contribution in [0.2, 0.25) is 0 Å². The Labute approximate surface area is 180 Å². The molecule has 1 amide bonds. The minimum atomic E-state index is 0.00913. The van der Waals surface area contributed by atoms with Gasteiger partial charge in [-0.05, 0) is 28.6 Å². The first-order chi connectivity index (χ1) is 14.8. The van der Waals surface area contributed by atoms with E-state index in [0.29, 0.717) is 16.5 Å². The van der Waals surface area contributed by atoms with Crippen LogP contribution in [-0.2, 0) is 17.3 Å². The number of benzene rings is 2. The van der Waals surface area contributed by atoms with Crippen LogP contribution in [0.5, 0.6) is 0 Å². The summed E-state index contributed by atoms with van der Waals surface area (Å²) >= 11 is 0. The Hall–Kier alpha value is -2.57. The molecule has 154 valence electrons. The molecule has 1 aromatic heterocycles. The van der Waals surface area contributed by atoms with Crippen LogP contribution in [0.3, 0.4) is 0 Å². The molecule has 2 aliphatic rings. The number of carbonyl (C=O) groups excluding carboxylic acids is 1. The quantitative estimate of drug-likeness (QED) is 0.332. The lowest BCUT2D eigenvalue weighted by Gasteiger charge is -2.15. The van der Waals surface area contributed by atoms with Crippen LogP contribution in [0.4, 0.5) is 0 Å². The number of nitrogens with zero attached hydrogens (tertiary/aromatic N) is 1. The third kappa shape index (κ3) is 3.89. The molecule has 6 heteroatoms. The van der Waals surface area contributed by atoms with Gasteiger partial charge in [0, 0.05) is 54.7 Å². The lowest BCUT2D eigenvalue weighted by molar-refractivity contribution is 0.0954. The van der Waals surface area contributed by atoms with Gasteiger partial charge in [-0.2, -0.15) is 5.10 Å². The van der Waals surface area contributed by atoms with E-state index in [-0.39, 0.29) is 5.91 Å². The van der Waals surface area contributed by atoms with Gasteiger partial charge < -0.3 is 10.6 Å². The highest BCUT2D eigenvalue weighted by Crippen LogP contribution is 2.39.